The van der Waals surface area contributed by atoms with E-state index in [1.165, 1.54) is 6.92 Å². The van der Waals surface area contributed by atoms with Gasteiger partial charge in [-0.05, 0) is 23.8 Å². The fraction of sp³-hybridized carbons (Fsp3) is 0.200. The zero-order valence-corrected chi connectivity index (χ0v) is 16.1. The third-order valence-electron chi connectivity index (χ3n) is 4.15. The van der Waals surface area contributed by atoms with E-state index in [2.05, 4.69) is 10.3 Å². The highest BCUT2D eigenvalue weighted by molar-refractivity contribution is 6.35. The molecule has 0 spiro atoms. The lowest BCUT2D eigenvalue weighted by Crippen LogP contribution is -2.42. The van der Waals surface area contributed by atoms with Gasteiger partial charge < -0.3 is 15.0 Å². The minimum Gasteiger partial charge on any atom is -0.459 e. The van der Waals surface area contributed by atoms with Gasteiger partial charge in [0.2, 0.25) is 5.91 Å². The maximum Gasteiger partial charge on any atom is 0.329 e. The first-order chi connectivity index (χ1) is 12.9. The normalized spacial score (nSPS) is 12.0. The standard InChI is InChI=1S/C20H18Cl2N2O3/c1-12(25)24-19(8-14-10-23-18-5-3-2-4-16(14)18)20(26)27-11-13-6-7-15(21)9-17(13)22/h2-7,9-10,19,23H,8,11H2,1H3,(H,24,25)/t19-/m0/s1. The number of rotatable bonds is 6. The highest BCUT2D eigenvalue weighted by atomic mass is 35.5. The van der Waals surface area contributed by atoms with Crippen LogP contribution >= 0.6 is 23.2 Å². The second kappa shape index (κ2) is 8.46. The maximum atomic E-state index is 12.6. The van der Waals surface area contributed by atoms with Crippen molar-refractivity contribution < 1.29 is 14.3 Å². The molecule has 27 heavy (non-hydrogen) atoms. The molecule has 0 aliphatic heterocycles. The van der Waals surface area contributed by atoms with Crippen molar-refractivity contribution in [3.8, 4) is 0 Å². The molecule has 5 nitrogen and oxygen atoms in total. The number of H-pyrrole nitrogens is 1. The minimum atomic E-state index is -0.798. The Morgan fingerprint density at radius 3 is 2.67 bits per heavy atom. The number of carbonyl (C=O) groups is 2. The summed E-state index contributed by atoms with van der Waals surface area (Å²) in [5, 5.41) is 4.59. The highest BCUT2D eigenvalue weighted by Gasteiger charge is 2.23. The predicted octanol–water partition coefficient (Wildman–Crippen LogP) is 4.27. The molecule has 1 heterocycles. The number of aromatic amines is 1. The summed E-state index contributed by atoms with van der Waals surface area (Å²) in [6, 6.07) is 11.9. The van der Waals surface area contributed by atoms with Crippen LogP contribution in [0, 0.1) is 0 Å². The van der Waals surface area contributed by atoms with Crippen LogP contribution in [-0.2, 0) is 27.4 Å². The Hall–Kier alpha value is -2.50. The average molecular weight is 405 g/mol. The lowest BCUT2D eigenvalue weighted by molar-refractivity contribution is -0.149. The number of esters is 1. The van der Waals surface area contributed by atoms with Crippen LogP contribution in [0.2, 0.25) is 10.0 Å². The summed E-state index contributed by atoms with van der Waals surface area (Å²) in [6.45, 7) is 1.37. The second-order valence-corrected chi connectivity index (χ2v) is 7.00. The van der Waals surface area contributed by atoms with E-state index in [9.17, 15) is 9.59 Å². The van der Waals surface area contributed by atoms with Gasteiger partial charge in [-0.3, -0.25) is 4.79 Å². The molecule has 0 saturated heterocycles. The molecule has 0 radical (unpaired) electrons. The molecule has 0 fully saturated rings. The van der Waals surface area contributed by atoms with Gasteiger partial charge in [-0.2, -0.15) is 0 Å². The molecule has 2 aromatic carbocycles. The van der Waals surface area contributed by atoms with Gasteiger partial charge in [0, 0.05) is 46.1 Å². The summed E-state index contributed by atoms with van der Waals surface area (Å²) >= 11 is 12.0. The van der Waals surface area contributed by atoms with Gasteiger partial charge in [0.25, 0.3) is 0 Å². The Balaban J connectivity index is 1.73. The molecule has 0 saturated carbocycles. The number of para-hydroxylation sites is 1. The van der Waals surface area contributed by atoms with Crippen LogP contribution < -0.4 is 5.32 Å². The lowest BCUT2D eigenvalue weighted by Gasteiger charge is -2.17. The Bertz CT molecular complexity index is 984. The summed E-state index contributed by atoms with van der Waals surface area (Å²) in [7, 11) is 0. The number of hydrogen-bond acceptors (Lipinski definition) is 3. The molecular formula is C20H18Cl2N2O3. The van der Waals surface area contributed by atoms with E-state index in [1.807, 2.05) is 30.5 Å². The number of aromatic nitrogens is 1. The van der Waals surface area contributed by atoms with E-state index >= 15 is 0 Å². The molecule has 1 aromatic heterocycles. The van der Waals surface area contributed by atoms with Crippen molar-refractivity contribution in [3.05, 3.63) is 69.8 Å². The van der Waals surface area contributed by atoms with Crippen molar-refractivity contribution in [1.82, 2.24) is 10.3 Å². The van der Waals surface area contributed by atoms with Crippen LogP contribution in [0.25, 0.3) is 10.9 Å². The van der Waals surface area contributed by atoms with Crippen molar-refractivity contribution in [2.24, 2.45) is 0 Å². The molecule has 140 valence electrons. The first kappa shape index (κ1) is 19.3. The van der Waals surface area contributed by atoms with Gasteiger partial charge in [0.15, 0.2) is 0 Å². The first-order valence-electron chi connectivity index (χ1n) is 8.36. The fourth-order valence-corrected chi connectivity index (χ4v) is 3.31. The van der Waals surface area contributed by atoms with E-state index in [0.717, 1.165) is 16.5 Å². The zero-order chi connectivity index (χ0) is 19.4. The van der Waals surface area contributed by atoms with E-state index in [1.54, 1.807) is 18.2 Å². The van der Waals surface area contributed by atoms with Gasteiger partial charge in [0.05, 0.1) is 0 Å². The summed E-state index contributed by atoms with van der Waals surface area (Å²) in [5.74, 6) is -0.831. The summed E-state index contributed by atoms with van der Waals surface area (Å²) in [4.78, 5) is 27.3. The third-order valence-corrected chi connectivity index (χ3v) is 4.73. The van der Waals surface area contributed by atoms with E-state index in [-0.39, 0.29) is 12.5 Å². The van der Waals surface area contributed by atoms with Crippen molar-refractivity contribution in [1.29, 1.82) is 0 Å². The van der Waals surface area contributed by atoms with Gasteiger partial charge in [-0.15, -0.1) is 0 Å². The van der Waals surface area contributed by atoms with Crippen molar-refractivity contribution in [2.45, 2.75) is 26.0 Å². The molecule has 0 aliphatic carbocycles. The second-order valence-electron chi connectivity index (χ2n) is 6.16. The lowest BCUT2D eigenvalue weighted by atomic mass is 10.0. The molecule has 0 bridgehead atoms. The molecule has 3 rings (SSSR count). The molecular weight excluding hydrogens is 387 g/mol. The summed E-state index contributed by atoms with van der Waals surface area (Å²) in [6.07, 6.45) is 2.15. The number of hydrogen-bond donors (Lipinski definition) is 2. The number of fused-ring (bicyclic) bond motifs is 1. The van der Waals surface area contributed by atoms with Crippen LogP contribution in [0.4, 0.5) is 0 Å². The van der Waals surface area contributed by atoms with Crippen LogP contribution in [0.3, 0.4) is 0 Å². The third kappa shape index (κ3) is 4.81. The van der Waals surface area contributed by atoms with Gasteiger partial charge in [-0.25, -0.2) is 4.79 Å². The largest absolute Gasteiger partial charge is 0.459 e. The molecule has 1 atom stereocenters. The first-order valence-corrected chi connectivity index (χ1v) is 9.12. The molecule has 0 aliphatic rings. The Morgan fingerprint density at radius 2 is 1.93 bits per heavy atom. The van der Waals surface area contributed by atoms with E-state index in [0.29, 0.717) is 22.0 Å². The highest BCUT2D eigenvalue weighted by Crippen LogP contribution is 2.22. The molecule has 2 N–H and O–H groups in total. The molecule has 0 unspecified atom stereocenters. The number of amides is 1. The average Bonchev–Trinajstić information content (AvgIpc) is 3.03. The van der Waals surface area contributed by atoms with Gasteiger partial charge in [0.1, 0.15) is 12.6 Å². The smallest absolute Gasteiger partial charge is 0.329 e. The van der Waals surface area contributed by atoms with Crippen molar-refractivity contribution in [3.63, 3.8) is 0 Å². The number of halogens is 2. The predicted molar refractivity (Wildman–Crippen MR) is 106 cm³/mol. The van der Waals surface area contributed by atoms with E-state index < -0.39 is 12.0 Å². The van der Waals surface area contributed by atoms with Crippen LogP contribution in [0.5, 0.6) is 0 Å². The van der Waals surface area contributed by atoms with Crippen molar-refractivity contribution in [2.75, 3.05) is 0 Å². The fourth-order valence-electron chi connectivity index (χ4n) is 2.85. The molecule has 7 heteroatoms. The van der Waals surface area contributed by atoms with Crippen LogP contribution in [0.15, 0.2) is 48.7 Å². The number of benzene rings is 2. The van der Waals surface area contributed by atoms with Gasteiger partial charge >= 0.3 is 5.97 Å². The topological polar surface area (TPSA) is 71.2 Å². The zero-order valence-electron chi connectivity index (χ0n) is 14.6. The quantitative estimate of drug-likeness (QED) is 0.602. The number of ether oxygens (including phenoxy) is 1. The monoisotopic (exact) mass is 404 g/mol. The number of carbonyl (C=O) groups excluding carboxylic acids is 2. The summed E-state index contributed by atoms with van der Waals surface area (Å²) < 4.78 is 5.38. The van der Waals surface area contributed by atoms with Crippen molar-refractivity contribution >= 4 is 46.0 Å². The summed E-state index contributed by atoms with van der Waals surface area (Å²) in [5.41, 5.74) is 2.53. The molecule has 1 amide bonds. The van der Waals surface area contributed by atoms with E-state index in [4.69, 9.17) is 27.9 Å². The van der Waals surface area contributed by atoms with Gasteiger partial charge in [-0.1, -0.05) is 47.5 Å². The Kier molecular flexibility index (Phi) is 6.04. The van der Waals surface area contributed by atoms with Crippen LogP contribution in [0.1, 0.15) is 18.1 Å². The number of nitrogens with one attached hydrogen (secondary N) is 2. The maximum absolute atomic E-state index is 12.6. The molecule has 3 aromatic rings. The van der Waals surface area contributed by atoms with Crippen LogP contribution in [-0.4, -0.2) is 22.9 Å². The Morgan fingerprint density at radius 1 is 1.15 bits per heavy atom. The minimum absolute atomic E-state index is 0.00119. The Labute approximate surface area is 166 Å². The SMILES string of the molecule is CC(=O)N[C@@H](Cc1c[nH]c2ccccc12)C(=O)OCc1ccc(Cl)cc1Cl.